The first kappa shape index (κ1) is 84.6. The maximum atomic E-state index is 9.13. The van der Waals surface area contributed by atoms with Crippen LogP contribution in [0.1, 0.15) is 14.3 Å². The fourth-order valence-corrected chi connectivity index (χ4v) is 157. The standard InChI is InChI=1S/C15H10Cl4I2O2.C6H3Cl2IO.C3H6Br2.CH2O3.2K.H12P10.H11P9.H/c16-8-4-10(18)14(12(20)6-8)22-2-1-3-23-15-11(19)5-9(17)7-13(15)21;7-3-1-4(8)6(10)5(9)2-3;4-2-1-3-5;2-1-4-3;;;1-7(2)10(8(3)4)9(5)6;1-6-9(7(2)3)8(4)5;/h4-7H,1-3H2;1-2,10H;1-3H2;1,3H;;;1-6H2;6H,1-5H2;/q;;;;2*+1;;;-1/p-1. The second-order valence-corrected chi connectivity index (χ2v) is 84.5. The van der Waals surface area contributed by atoms with Crippen molar-refractivity contribution in [3.05, 3.63) is 77.2 Å². The van der Waals surface area contributed by atoms with E-state index in [1.165, 1.54) is 12.5 Å². The number of hydrogen-bond acceptors (Lipinski definition) is 6. The van der Waals surface area contributed by atoms with Gasteiger partial charge in [-0.1, -0.05) is 109 Å². The molecule has 3 aromatic rings. The third-order valence-corrected chi connectivity index (χ3v) is 104. The van der Waals surface area contributed by atoms with E-state index in [0.29, 0.717) is 66.8 Å². The number of aromatic hydroxyl groups is 1. The summed E-state index contributed by atoms with van der Waals surface area (Å²) in [6, 6.07) is 10.1. The summed E-state index contributed by atoms with van der Waals surface area (Å²) in [5.74, 6) is 1.36. The number of rotatable bonds is 15. The molecule has 0 aliphatic carbocycles. The Hall–Kier alpha value is 12.8. The van der Waals surface area contributed by atoms with Gasteiger partial charge in [0.15, 0.2) is 11.5 Å². The number of alkyl halides is 2. The van der Waals surface area contributed by atoms with Gasteiger partial charge in [0.1, 0.15) is 5.75 Å². The summed E-state index contributed by atoms with van der Waals surface area (Å²) in [5, 5.41) is 22.8. The van der Waals surface area contributed by atoms with Gasteiger partial charge in [-0.2, -0.15) is 0 Å². The van der Waals surface area contributed by atoms with Crippen LogP contribution in [0.3, 0.4) is 0 Å². The zero-order valence-electron chi connectivity index (χ0n) is 33.9. The molecule has 354 valence electrons. The molecule has 0 radical (unpaired) electrons. The minimum absolute atomic E-state index is 0. The molecular formula is C25H44Br2Cl6I3K2O6P19. The normalized spacial score (nSPS) is 10.4. The largest absolute Gasteiger partial charge is 1.00 e. The maximum Gasteiger partial charge on any atom is 1.00 e. The molecule has 3 aromatic carbocycles. The van der Waals surface area contributed by atoms with Gasteiger partial charge in [-0.25, -0.2) is 0 Å². The van der Waals surface area contributed by atoms with E-state index in [4.69, 9.17) is 94.2 Å². The molecule has 63 heavy (non-hydrogen) atoms. The van der Waals surface area contributed by atoms with Crippen molar-refractivity contribution in [1.29, 1.82) is 0 Å². The van der Waals surface area contributed by atoms with E-state index in [1.807, 2.05) is 22.6 Å². The summed E-state index contributed by atoms with van der Waals surface area (Å²) < 4.78 is 13.8. The topological polar surface area (TPSA) is 88.1 Å². The molecule has 0 heterocycles. The monoisotopic (exact) mass is 1860 g/mol. The van der Waals surface area contributed by atoms with Crippen molar-refractivity contribution in [2.75, 3.05) is 23.9 Å². The van der Waals surface area contributed by atoms with Crippen LogP contribution in [0.25, 0.3) is 0 Å². The Morgan fingerprint density at radius 1 is 0.635 bits per heavy atom. The molecular weight excluding hydrogens is 1820 g/mol. The molecule has 1 N–H and O–H groups in total. The van der Waals surface area contributed by atoms with Crippen LogP contribution in [0.4, 0.5) is 0 Å². The molecule has 6 nitrogen and oxygen atoms in total. The minimum atomic E-state index is -0.181. The Bertz CT molecular complexity index is 1530. The fraction of sp³-hybridized carbons (Fsp3) is 0.240. The van der Waals surface area contributed by atoms with Crippen molar-refractivity contribution in [3.63, 3.8) is 0 Å². The summed E-state index contributed by atoms with van der Waals surface area (Å²) in [4.78, 5) is 11.2. The van der Waals surface area contributed by atoms with Crippen LogP contribution in [-0.4, -0.2) is 35.5 Å². The number of halogens is 11. The van der Waals surface area contributed by atoms with E-state index in [0.717, 1.165) is 25.8 Å². The first-order valence-electron chi connectivity index (χ1n) is 15.1. The molecule has 0 aromatic heterocycles. The summed E-state index contributed by atoms with van der Waals surface area (Å²) in [6.07, 6.45) is 1.91. The maximum absolute atomic E-state index is 9.13. The van der Waals surface area contributed by atoms with Crippen LogP contribution in [0, 0.1) is 10.7 Å². The van der Waals surface area contributed by atoms with Crippen LogP contribution in [0.2, 0.25) is 30.1 Å². The zero-order chi connectivity index (χ0) is 48.0. The van der Waals surface area contributed by atoms with E-state index in [1.54, 1.807) is 30.3 Å². The smallest absolute Gasteiger partial charge is 1.00 e. The van der Waals surface area contributed by atoms with Gasteiger partial charge < -0.3 is 26.2 Å². The Labute approximate surface area is 583 Å². The third kappa shape index (κ3) is 45.1. The Balaban J connectivity index is -0.000000174. The van der Waals surface area contributed by atoms with Gasteiger partial charge in [-0.3, -0.25) is 4.79 Å². The molecule has 3 rings (SSSR count). The quantitative estimate of drug-likeness (QED) is 0.0238. The van der Waals surface area contributed by atoms with E-state index < -0.39 is 0 Å². The van der Waals surface area contributed by atoms with Gasteiger partial charge >= 0.3 is 103 Å². The van der Waals surface area contributed by atoms with Gasteiger partial charge in [0.2, 0.25) is 0 Å². The van der Waals surface area contributed by atoms with Crippen molar-refractivity contribution in [1.82, 2.24) is 0 Å². The van der Waals surface area contributed by atoms with Crippen LogP contribution >= 0.6 is 324 Å². The van der Waals surface area contributed by atoms with Gasteiger partial charge in [-0.15, -0.1) is 98.2 Å². The van der Waals surface area contributed by atoms with Crippen molar-refractivity contribution in [3.8, 4) is 17.2 Å². The molecule has 0 amide bonds. The second-order valence-electron chi connectivity index (χ2n) is 9.68. The van der Waals surface area contributed by atoms with Crippen molar-refractivity contribution < 1.29 is 134 Å². The van der Waals surface area contributed by atoms with Crippen molar-refractivity contribution >= 4 is 331 Å². The van der Waals surface area contributed by atoms with Gasteiger partial charge in [0, 0.05) is 32.1 Å². The van der Waals surface area contributed by atoms with E-state index >= 15 is 0 Å². The number of carbonyl (C=O) groups is 1. The molecule has 0 saturated heterocycles. The molecule has 0 fully saturated rings. The molecule has 12 atom stereocenters. The van der Waals surface area contributed by atoms with Crippen LogP contribution in [0.15, 0.2) is 36.4 Å². The summed E-state index contributed by atoms with van der Waals surface area (Å²) in [5.41, 5.74) is 0. The number of hydrogen-bond donors (Lipinski definition) is 1. The molecule has 0 aliphatic heterocycles. The molecule has 38 heteroatoms. The molecule has 0 bridgehead atoms. The molecule has 0 aliphatic rings. The van der Waals surface area contributed by atoms with Crippen LogP contribution in [0.5, 0.6) is 17.2 Å². The Morgan fingerprint density at radius 3 is 1.14 bits per heavy atom. The molecule has 0 saturated carbocycles. The summed E-state index contributed by atoms with van der Waals surface area (Å²) in [7, 11) is 33.3. The number of phenolic OH excluding ortho intramolecular Hbond substituents is 1. The van der Waals surface area contributed by atoms with Gasteiger partial charge in [0.25, 0.3) is 6.47 Å². The van der Waals surface area contributed by atoms with Crippen LogP contribution < -0.4 is 118 Å². The van der Waals surface area contributed by atoms with Gasteiger partial charge in [0.05, 0.1) is 39.0 Å². The zero-order valence-corrected chi connectivity index (χ0v) is 73.3. The average molecular weight is 1860 g/mol. The minimum Gasteiger partial charge on any atom is -1.00 e. The van der Waals surface area contributed by atoms with E-state index in [9.17, 15) is 0 Å². The summed E-state index contributed by atoms with van der Waals surface area (Å²) in [6.45, 7) is 2.03. The Morgan fingerprint density at radius 2 is 0.952 bits per heavy atom. The predicted octanol–water partition coefficient (Wildman–Crippen LogP) is 15.6. The SMILES string of the molecule is BrCCCBr.Clc1cc(Cl)c(OCCCOc2c(Cl)cc(Cl)cc2I)c(I)c1.O=CO[O-].Oc1c(Cl)cc(Cl)cc1I.PP(P)P(P(P)P)P(P)P.PPP(P(P)P)P(P)P.[H-].[K+].[K+]. The van der Waals surface area contributed by atoms with Crippen molar-refractivity contribution in [2.24, 2.45) is 0 Å². The van der Waals surface area contributed by atoms with Crippen LogP contribution in [-0.2, 0) is 9.68 Å². The van der Waals surface area contributed by atoms with E-state index in [-0.39, 0.29) is 163 Å². The van der Waals surface area contributed by atoms with Gasteiger partial charge in [-0.05, 0) is 160 Å². The molecule has 0 spiro atoms. The summed E-state index contributed by atoms with van der Waals surface area (Å²) >= 11 is 48.1. The molecule has 12 unspecified atom stereocenters. The second kappa shape index (κ2) is 54.1. The first-order valence-corrected chi connectivity index (χ1v) is 55.6. The first-order chi connectivity index (χ1) is 28.4. The number of carbonyl (C=O) groups excluding carboxylic acids is 1. The fourth-order valence-electron chi connectivity index (χ4n) is 2.94. The number of benzene rings is 3. The number of ether oxygens (including phenoxy) is 2. The average Bonchev–Trinajstić information content (AvgIpc) is 3.13. The predicted molar refractivity (Wildman–Crippen MR) is 369 cm³/mol. The third-order valence-electron chi connectivity index (χ3n) is 5.17. The number of phenols is 1. The van der Waals surface area contributed by atoms with Crippen molar-refractivity contribution in [2.45, 2.75) is 12.8 Å². The van der Waals surface area contributed by atoms with E-state index in [2.05, 4.69) is 180 Å². The Kier molecular flexibility index (Phi) is 72.7.